The van der Waals surface area contributed by atoms with Crippen LogP contribution in [0, 0.1) is 5.92 Å². The first-order valence-electron chi connectivity index (χ1n) is 4.71. The number of hydrogen-bond donors (Lipinski definition) is 1. The standard InChI is InChI=1S/C12H13BrO2/c1-2-3-10(12(14)15)8-9-4-6-11(13)7-5-9/h2,4-7,10H,1,3,8H2,(H,14,15). The van der Waals surface area contributed by atoms with E-state index < -0.39 is 5.97 Å². The Balaban J connectivity index is 2.69. The van der Waals surface area contributed by atoms with Crippen LogP contribution in [0.25, 0.3) is 0 Å². The highest BCUT2D eigenvalue weighted by molar-refractivity contribution is 9.10. The number of rotatable bonds is 5. The van der Waals surface area contributed by atoms with Crippen molar-refractivity contribution >= 4 is 21.9 Å². The fourth-order valence-electron chi connectivity index (χ4n) is 1.38. The summed E-state index contributed by atoms with van der Waals surface area (Å²) in [7, 11) is 0. The molecule has 0 heterocycles. The third kappa shape index (κ3) is 3.88. The summed E-state index contributed by atoms with van der Waals surface area (Å²) in [6, 6.07) is 7.70. The van der Waals surface area contributed by atoms with E-state index in [9.17, 15) is 4.79 Å². The molecule has 1 unspecified atom stereocenters. The van der Waals surface area contributed by atoms with Gasteiger partial charge in [-0.05, 0) is 30.5 Å². The van der Waals surface area contributed by atoms with Gasteiger partial charge in [0.1, 0.15) is 0 Å². The third-order valence-electron chi connectivity index (χ3n) is 2.20. The molecule has 0 radical (unpaired) electrons. The van der Waals surface area contributed by atoms with Crippen molar-refractivity contribution < 1.29 is 9.90 Å². The Morgan fingerprint density at radius 1 is 1.47 bits per heavy atom. The van der Waals surface area contributed by atoms with E-state index in [0.29, 0.717) is 12.8 Å². The maximum absolute atomic E-state index is 10.9. The summed E-state index contributed by atoms with van der Waals surface area (Å²) in [5, 5.41) is 8.96. The number of carbonyl (C=O) groups is 1. The summed E-state index contributed by atoms with van der Waals surface area (Å²) in [4.78, 5) is 10.9. The van der Waals surface area contributed by atoms with Crippen LogP contribution in [-0.4, -0.2) is 11.1 Å². The van der Waals surface area contributed by atoms with Gasteiger partial charge in [0.05, 0.1) is 5.92 Å². The lowest BCUT2D eigenvalue weighted by atomic mass is 9.96. The molecule has 0 saturated heterocycles. The number of aliphatic carboxylic acids is 1. The molecule has 2 nitrogen and oxygen atoms in total. The van der Waals surface area contributed by atoms with Crippen LogP contribution in [0.4, 0.5) is 0 Å². The van der Waals surface area contributed by atoms with E-state index in [-0.39, 0.29) is 5.92 Å². The van der Waals surface area contributed by atoms with Crippen LogP contribution < -0.4 is 0 Å². The highest BCUT2D eigenvalue weighted by Gasteiger charge is 2.15. The summed E-state index contributed by atoms with van der Waals surface area (Å²) in [5.74, 6) is -1.14. The van der Waals surface area contributed by atoms with E-state index in [0.717, 1.165) is 10.0 Å². The molecule has 1 atom stereocenters. The van der Waals surface area contributed by atoms with Crippen LogP contribution in [-0.2, 0) is 11.2 Å². The number of benzene rings is 1. The average Bonchev–Trinajstić information content (AvgIpc) is 2.20. The Bertz CT molecular complexity index is 343. The van der Waals surface area contributed by atoms with Gasteiger partial charge in [-0.1, -0.05) is 34.1 Å². The first kappa shape index (κ1) is 12.0. The normalized spacial score (nSPS) is 12.1. The van der Waals surface area contributed by atoms with Crippen molar-refractivity contribution in [2.75, 3.05) is 0 Å². The van der Waals surface area contributed by atoms with Gasteiger partial charge < -0.3 is 5.11 Å². The lowest BCUT2D eigenvalue weighted by molar-refractivity contribution is -0.141. The molecule has 80 valence electrons. The predicted octanol–water partition coefficient (Wildman–Crippen LogP) is 3.27. The molecule has 0 amide bonds. The van der Waals surface area contributed by atoms with E-state index in [1.54, 1.807) is 6.08 Å². The molecule has 0 aromatic heterocycles. The van der Waals surface area contributed by atoms with Crippen LogP contribution in [0.2, 0.25) is 0 Å². The monoisotopic (exact) mass is 268 g/mol. The van der Waals surface area contributed by atoms with E-state index >= 15 is 0 Å². The summed E-state index contributed by atoms with van der Waals surface area (Å²) < 4.78 is 1.00. The molecular formula is C12H13BrO2. The molecule has 3 heteroatoms. The van der Waals surface area contributed by atoms with Crippen LogP contribution in [0.1, 0.15) is 12.0 Å². The summed E-state index contributed by atoms with van der Waals surface area (Å²) in [6.07, 6.45) is 2.71. The van der Waals surface area contributed by atoms with Crippen LogP contribution in [0.5, 0.6) is 0 Å². The third-order valence-corrected chi connectivity index (χ3v) is 2.72. The van der Waals surface area contributed by atoms with Crippen LogP contribution in [0.15, 0.2) is 41.4 Å². The maximum atomic E-state index is 10.9. The summed E-state index contributed by atoms with van der Waals surface area (Å²) in [6.45, 7) is 3.57. The van der Waals surface area contributed by atoms with E-state index in [1.807, 2.05) is 24.3 Å². The van der Waals surface area contributed by atoms with Gasteiger partial charge in [0.2, 0.25) is 0 Å². The molecule has 0 aliphatic heterocycles. The average molecular weight is 269 g/mol. The van der Waals surface area contributed by atoms with Crippen molar-refractivity contribution in [1.29, 1.82) is 0 Å². The molecule has 1 N–H and O–H groups in total. The largest absolute Gasteiger partial charge is 0.481 e. The van der Waals surface area contributed by atoms with E-state index in [2.05, 4.69) is 22.5 Å². The van der Waals surface area contributed by atoms with Gasteiger partial charge >= 0.3 is 5.97 Å². The minimum atomic E-state index is -0.766. The molecule has 1 rings (SSSR count). The fraction of sp³-hybridized carbons (Fsp3) is 0.250. The SMILES string of the molecule is C=CCC(Cc1ccc(Br)cc1)C(=O)O. The fourth-order valence-corrected chi connectivity index (χ4v) is 1.64. The second-order valence-corrected chi connectivity index (χ2v) is 4.31. The first-order valence-corrected chi connectivity index (χ1v) is 5.51. The van der Waals surface area contributed by atoms with Gasteiger partial charge in [-0.15, -0.1) is 6.58 Å². The van der Waals surface area contributed by atoms with E-state index in [1.165, 1.54) is 0 Å². The second kappa shape index (κ2) is 5.71. The zero-order valence-corrected chi connectivity index (χ0v) is 9.90. The Labute approximate surface area is 97.8 Å². The van der Waals surface area contributed by atoms with Gasteiger partial charge in [-0.25, -0.2) is 0 Å². The topological polar surface area (TPSA) is 37.3 Å². The molecular weight excluding hydrogens is 256 g/mol. The Hall–Kier alpha value is -1.09. The van der Waals surface area contributed by atoms with Gasteiger partial charge in [0, 0.05) is 4.47 Å². The molecule has 1 aromatic rings. The van der Waals surface area contributed by atoms with Crippen molar-refractivity contribution in [2.45, 2.75) is 12.8 Å². The Kier molecular flexibility index (Phi) is 4.56. The molecule has 0 bridgehead atoms. The van der Waals surface area contributed by atoms with Crippen LogP contribution >= 0.6 is 15.9 Å². The zero-order chi connectivity index (χ0) is 11.3. The van der Waals surface area contributed by atoms with Gasteiger partial charge in [0.25, 0.3) is 0 Å². The minimum Gasteiger partial charge on any atom is -0.481 e. The lowest BCUT2D eigenvalue weighted by Crippen LogP contribution is -2.15. The predicted molar refractivity (Wildman–Crippen MR) is 63.8 cm³/mol. The first-order chi connectivity index (χ1) is 7.13. The lowest BCUT2D eigenvalue weighted by Gasteiger charge is -2.09. The molecule has 0 spiro atoms. The smallest absolute Gasteiger partial charge is 0.307 e. The maximum Gasteiger partial charge on any atom is 0.307 e. The number of hydrogen-bond acceptors (Lipinski definition) is 1. The number of allylic oxidation sites excluding steroid dienone is 1. The Morgan fingerprint density at radius 2 is 2.07 bits per heavy atom. The highest BCUT2D eigenvalue weighted by atomic mass is 79.9. The minimum absolute atomic E-state index is 0.372. The number of halogens is 1. The van der Waals surface area contributed by atoms with Gasteiger partial charge in [-0.3, -0.25) is 4.79 Å². The quantitative estimate of drug-likeness (QED) is 0.833. The van der Waals surface area contributed by atoms with Crippen molar-refractivity contribution in [2.24, 2.45) is 5.92 Å². The molecule has 1 aromatic carbocycles. The van der Waals surface area contributed by atoms with Crippen molar-refractivity contribution in [3.63, 3.8) is 0 Å². The molecule has 15 heavy (non-hydrogen) atoms. The van der Waals surface area contributed by atoms with E-state index in [4.69, 9.17) is 5.11 Å². The highest BCUT2D eigenvalue weighted by Crippen LogP contribution is 2.16. The summed E-state index contributed by atoms with van der Waals surface area (Å²) >= 11 is 3.34. The number of carboxylic acids is 1. The van der Waals surface area contributed by atoms with Gasteiger partial charge in [-0.2, -0.15) is 0 Å². The number of carboxylic acid groups (broad SMARTS) is 1. The van der Waals surface area contributed by atoms with Crippen molar-refractivity contribution in [1.82, 2.24) is 0 Å². The molecule has 0 aliphatic carbocycles. The Morgan fingerprint density at radius 3 is 2.53 bits per heavy atom. The molecule has 0 saturated carbocycles. The zero-order valence-electron chi connectivity index (χ0n) is 8.32. The van der Waals surface area contributed by atoms with Crippen molar-refractivity contribution in [3.8, 4) is 0 Å². The second-order valence-electron chi connectivity index (χ2n) is 3.39. The van der Waals surface area contributed by atoms with Crippen LogP contribution in [0.3, 0.4) is 0 Å². The molecule has 0 fully saturated rings. The van der Waals surface area contributed by atoms with Gasteiger partial charge in [0.15, 0.2) is 0 Å². The molecule has 0 aliphatic rings. The van der Waals surface area contributed by atoms with Crippen molar-refractivity contribution in [3.05, 3.63) is 47.0 Å². The summed E-state index contributed by atoms with van der Waals surface area (Å²) in [5.41, 5.74) is 1.03.